The van der Waals surface area contributed by atoms with Crippen molar-refractivity contribution in [3.63, 3.8) is 0 Å². The highest BCUT2D eigenvalue weighted by atomic mass is 16.4. The smallest absolute Gasteiger partial charge is 0.331 e. The second-order valence-electron chi connectivity index (χ2n) is 4.73. The summed E-state index contributed by atoms with van der Waals surface area (Å²) in [5.74, 6) is -0.418. The van der Waals surface area contributed by atoms with E-state index in [1.165, 1.54) is 4.68 Å². The van der Waals surface area contributed by atoms with E-state index >= 15 is 0 Å². The molecule has 19 heavy (non-hydrogen) atoms. The highest BCUT2D eigenvalue weighted by Crippen LogP contribution is 2.16. The molecule has 0 atom stereocenters. The number of nitrogens with zero attached hydrogens (tertiary/aromatic N) is 5. The number of tetrazole rings is 1. The molecular formula is C12H15N5O2. The van der Waals surface area contributed by atoms with Crippen molar-refractivity contribution in [2.75, 3.05) is 0 Å². The summed E-state index contributed by atoms with van der Waals surface area (Å²) in [6.07, 6.45) is 4.76. The van der Waals surface area contributed by atoms with Crippen LogP contribution in [-0.4, -0.2) is 36.3 Å². The minimum absolute atomic E-state index is 0.552. The van der Waals surface area contributed by atoms with Crippen molar-refractivity contribution in [1.29, 1.82) is 0 Å². The Kier molecular flexibility index (Phi) is 3.55. The molecule has 2 aromatic heterocycles. The molecule has 0 saturated heterocycles. The topological polar surface area (TPSA) is 93.8 Å². The van der Waals surface area contributed by atoms with Gasteiger partial charge in [0.2, 0.25) is 0 Å². The van der Waals surface area contributed by atoms with E-state index < -0.39 is 11.5 Å². The third-order valence-electron chi connectivity index (χ3n) is 2.95. The number of carboxylic acids is 1. The summed E-state index contributed by atoms with van der Waals surface area (Å²) in [6, 6.07) is 3.82. The molecule has 2 rings (SSSR count). The average Bonchev–Trinajstić information content (AvgIpc) is 2.86. The number of aryl methyl sites for hydroxylation is 2. The SMILES string of the molecule is CC(C)(C(=O)O)n1nnnc1CCc1cccnc1. The molecule has 0 saturated carbocycles. The highest BCUT2D eigenvalue weighted by molar-refractivity contribution is 5.75. The molecule has 0 spiro atoms. The van der Waals surface area contributed by atoms with Gasteiger partial charge in [-0.25, -0.2) is 9.48 Å². The van der Waals surface area contributed by atoms with Gasteiger partial charge in [0.1, 0.15) is 0 Å². The molecule has 0 radical (unpaired) electrons. The van der Waals surface area contributed by atoms with E-state index in [1.807, 2.05) is 12.1 Å². The lowest BCUT2D eigenvalue weighted by Crippen LogP contribution is -2.38. The first-order valence-electron chi connectivity index (χ1n) is 5.92. The van der Waals surface area contributed by atoms with Crippen LogP contribution >= 0.6 is 0 Å². The Bertz CT molecular complexity index is 565. The molecule has 1 N–H and O–H groups in total. The van der Waals surface area contributed by atoms with Crippen LogP contribution in [0.5, 0.6) is 0 Å². The van der Waals surface area contributed by atoms with E-state index in [-0.39, 0.29) is 0 Å². The number of pyridine rings is 1. The third kappa shape index (κ3) is 2.75. The lowest BCUT2D eigenvalue weighted by molar-refractivity contribution is -0.146. The predicted octanol–water partition coefficient (Wildman–Crippen LogP) is 0.673. The van der Waals surface area contributed by atoms with Gasteiger partial charge >= 0.3 is 5.97 Å². The number of aromatic nitrogens is 5. The van der Waals surface area contributed by atoms with Crippen molar-refractivity contribution in [2.24, 2.45) is 0 Å². The molecule has 7 nitrogen and oxygen atoms in total. The van der Waals surface area contributed by atoms with Crippen LogP contribution in [0.4, 0.5) is 0 Å². The minimum atomic E-state index is -1.16. The first-order valence-corrected chi connectivity index (χ1v) is 5.92. The summed E-state index contributed by atoms with van der Waals surface area (Å²) >= 11 is 0. The van der Waals surface area contributed by atoms with Gasteiger partial charge in [-0.05, 0) is 42.3 Å². The molecule has 0 unspecified atom stereocenters. The summed E-state index contributed by atoms with van der Waals surface area (Å²) in [6.45, 7) is 3.14. The monoisotopic (exact) mass is 261 g/mol. The van der Waals surface area contributed by atoms with Crippen molar-refractivity contribution >= 4 is 5.97 Å². The molecule has 2 heterocycles. The summed E-state index contributed by atoms with van der Waals surface area (Å²) in [4.78, 5) is 15.3. The fourth-order valence-electron chi connectivity index (χ4n) is 1.69. The molecule has 100 valence electrons. The number of hydrogen-bond donors (Lipinski definition) is 1. The summed E-state index contributed by atoms with van der Waals surface area (Å²) in [5, 5.41) is 20.4. The zero-order chi connectivity index (χ0) is 13.9. The van der Waals surface area contributed by atoms with Crippen LogP contribution < -0.4 is 0 Å². The fraction of sp³-hybridized carbons (Fsp3) is 0.417. The number of aliphatic carboxylic acids is 1. The van der Waals surface area contributed by atoms with Crippen LogP contribution in [0.15, 0.2) is 24.5 Å². The van der Waals surface area contributed by atoms with Crippen molar-refractivity contribution in [3.05, 3.63) is 35.9 Å². The standard InChI is InChI=1S/C12H15N5O2/c1-12(2,11(18)19)17-10(14-15-16-17)6-5-9-4-3-7-13-8-9/h3-4,7-8H,5-6H2,1-2H3,(H,18,19). The van der Waals surface area contributed by atoms with Gasteiger partial charge in [-0.2, -0.15) is 0 Å². The normalized spacial score (nSPS) is 11.5. The summed E-state index contributed by atoms with van der Waals surface area (Å²) in [7, 11) is 0. The summed E-state index contributed by atoms with van der Waals surface area (Å²) in [5.41, 5.74) is -0.0986. The van der Waals surface area contributed by atoms with Gasteiger partial charge in [-0.1, -0.05) is 6.07 Å². The Balaban J connectivity index is 2.15. The maximum absolute atomic E-state index is 11.2. The Labute approximate surface area is 110 Å². The first-order chi connectivity index (χ1) is 9.01. The van der Waals surface area contributed by atoms with Gasteiger partial charge in [0, 0.05) is 18.8 Å². The second kappa shape index (κ2) is 5.13. The van der Waals surface area contributed by atoms with E-state index in [0.717, 1.165) is 5.56 Å². The minimum Gasteiger partial charge on any atom is -0.479 e. The van der Waals surface area contributed by atoms with E-state index in [2.05, 4.69) is 20.5 Å². The maximum atomic E-state index is 11.2. The van der Waals surface area contributed by atoms with Gasteiger partial charge in [0.15, 0.2) is 11.4 Å². The van der Waals surface area contributed by atoms with Gasteiger partial charge in [0.25, 0.3) is 0 Å². The maximum Gasteiger partial charge on any atom is 0.331 e. The zero-order valence-corrected chi connectivity index (χ0v) is 10.8. The molecule has 0 aliphatic heterocycles. The molecule has 0 fully saturated rings. The lowest BCUT2D eigenvalue weighted by Gasteiger charge is -2.20. The fourth-order valence-corrected chi connectivity index (χ4v) is 1.69. The van der Waals surface area contributed by atoms with Crippen LogP contribution in [0.3, 0.4) is 0 Å². The van der Waals surface area contributed by atoms with E-state index in [0.29, 0.717) is 18.7 Å². The van der Waals surface area contributed by atoms with Crippen LogP contribution in [0, 0.1) is 0 Å². The molecule has 0 amide bonds. The average molecular weight is 261 g/mol. The number of hydrogen-bond acceptors (Lipinski definition) is 5. The molecule has 0 aliphatic rings. The quantitative estimate of drug-likeness (QED) is 0.850. The first kappa shape index (κ1) is 13.1. The van der Waals surface area contributed by atoms with Crippen molar-refractivity contribution < 1.29 is 9.90 Å². The van der Waals surface area contributed by atoms with Gasteiger partial charge in [0.05, 0.1) is 0 Å². The van der Waals surface area contributed by atoms with Gasteiger partial charge in [-0.3, -0.25) is 4.98 Å². The van der Waals surface area contributed by atoms with Crippen LogP contribution in [0.25, 0.3) is 0 Å². The molecular weight excluding hydrogens is 246 g/mol. The Morgan fingerprint density at radius 3 is 2.84 bits per heavy atom. The third-order valence-corrected chi connectivity index (χ3v) is 2.95. The van der Waals surface area contributed by atoms with Crippen LogP contribution in [0.1, 0.15) is 25.2 Å². The predicted molar refractivity (Wildman–Crippen MR) is 66.4 cm³/mol. The Hall–Kier alpha value is -2.31. The van der Waals surface area contributed by atoms with E-state index in [9.17, 15) is 9.90 Å². The highest BCUT2D eigenvalue weighted by Gasteiger charge is 2.33. The van der Waals surface area contributed by atoms with Crippen molar-refractivity contribution in [3.8, 4) is 0 Å². The van der Waals surface area contributed by atoms with Crippen molar-refractivity contribution in [2.45, 2.75) is 32.2 Å². The van der Waals surface area contributed by atoms with Crippen LogP contribution in [-0.2, 0) is 23.2 Å². The molecule has 0 aromatic carbocycles. The van der Waals surface area contributed by atoms with E-state index in [4.69, 9.17) is 0 Å². The van der Waals surface area contributed by atoms with Gasteiger partial charge in [-0.15, -0.1) is 5.10 Å². The zero-order valence-electron chi connectivity index (χ0n) is 10.8. The molecule has 7 heteroatoms. The van der Waals surface area contributed by atoms with E-state index in [1.54, 1.807) is 26.2 Å². The molecule has 2 aromatic rings. The second-order valence-corrected chi connectivity index (χ2v) is 4.73. The lowest BCUT2D eigenvalue weighted by atomic mass is 10.1. The Morgan fingerprint density at radius 2 is 2.21 bits per heavy atom. The largest absolute Gasteiger partial charge is 0.479 e. The van der Waals surface area contributed by atoms with Gasteiger partial charge < -0.3 is 5.11 Å². The number of carboxylic acid groups (broad SMARTS) is 1. The molecule has 0 aliphatic carbocycles. The Morgan fingerprint density at radius 1 is 1.42 bits per heavy atom. The molecule has 0 bridgehead atoms. The van der Waals surface area contributed by atoms with Crippen LogP contribution in [0.2, 0.25) is 0 Å². The number of carbonyl (C=O) groups is 1. The number of rotatable bonds is 5. The summed E-state index contributed by atoms with van der Waals surface area (Å²) < 4.78 is 1.35. The van der Waals surface area contributed by atoms with Crippen molar-refractivity contribution in [1.82, 2.24) is 25.2 Å².